The van der Waals surface area contributed by atoms with Crippen molar-refractivity contribution in [3.05, 3.63) is 24.3 Å². The molecule has 0 heterocycles. The summed E-state index contributed by atoms with van der Waals surface area (Å²) in [6.45, 7) is 0.312. The molecule has 0 unspecified atom stereocenters. The zero-order valence-electron chi connectivity index (χ0n) is 12.4. The Morgan fingerprint density at radius 1 is 1.10 bits per heavy atom. The summed E-state index contributed by atoms with van der Waals surface area (Å²) in [6.07, 6.45) is 0.287. The summed E-state index contributed by atoms with van der Waals surface area (Å²) in [7, 11) is 7.20. The zero-order chi connectivity index (χ0) is 15.1. The molecular formula is C14H22N4O2. The normalized spacial score (nSPS) is 9.80. The molecule has 6 heteroatoms. The summed E-state index contributed by atoms with van der Waals surface area (Å²) in [5.41, 5.74) is 1.65. The third kappa shape index (κ3) is 4.79. The van der Waals surface area contributed by atoms with Crippen molar-refractivity contribution in [2.24, 2.45) is 0 Å². The predicted molar refractivity (Wildman–Crippen MR) is 81.1 cm³/mol. The molecule has 1 aromatic carbocycles. The Morgan fingerprint density at radius 2 is 1.75 bits per heavy atom. The van der Waals surface area contributed by atoms with Crippen LogP contribution in [0.3, 0.4) is 0 Å². The van der Waals surface area contributed by atoms with Gasteiger partial charge < -0.3 is 20.4 Å². The van der Waals surface area contributed by atoms with Crippen molar-refractivity contribution >= 4 is 23.3 Å². The second kappa shape index (κ2) is 7.37. The van der Waals surface area contributed by atoms with Gasteiger partial charge in [-0.1, -0.05) is 12.1 Å². The molecule has 110 valence electrons. The van der Waals surface area contributed by atoms with Gasteiger partial charge in [-0.2, -0.15) is 0 Å². The maximum atomic E-state index is 11.8. The summed E-state index contributed by atoms with van der Waals surface area (Å²) in [5.74, 6) is -0.0148. The Kier molecular flexibility index (Phi) is 5.83. The van der Waals surface area contributed by atoms with Gasteiger partial charge in [-0.3, -0.25) is 4.79 Å². The number of rotatable bonds is 5. The Labute approximate surface area is 119 Å². The molecule has 2 N–H and O–H groups in total. The van der Waals surface area contributed by atoms with E-state index in [4.69, 9.17) is 0 Å². The van der Waals surface area contributed by atoms with Crippen LogP contribution in [0.4, 0.5) is 16.2 Å². The second-order valence-electron chi connectivity index (χ2n) is 4.83. The lowest BCUT2D eigenvalue weighted by Crippen LogP contribution is -2.33. The van der Waals surface area contributed by atoms with Crippen molar-refractivity contribution < 1.29 is 9.59 Å². The van der Waals surface area contributed by atoms with Gasteiger partial charge in [0.05, 0.1) is 11.4 Å². The number of carbonyl (C=O) groups excluding carboxylic acids is 2. The monoisotopic (exact) mass is 278 g/mol. The molecule has 1 rings (SSSR count). The fourth-order valence-corrected chi connectivity index (χ4v) is 1.64. The van der Waals surface area contributed by atoms with Gasteiger partial charge in [-0.05, 0) is 12.1 Å². The van der Waals surface area contributed by atoms with Crippen molar-refractivity contribution in [3.63, 3.8) is 0 Å². The largest absolute Gasteiger partial charge is 0.376 e. The third-order valence-electron chi connectivity index (χ3n) is 2.76. The van der Waals surface area contributed by atoms with Gasteiger partial charge in [-0.15, -0.1) is 0 Å². The lowest BCUT2D eigenvalue weighted by Gasteiger charge is -2.18. The highest BCUT2D eigenvalue weighted by molar-refractivity contribution is 5.93. The van der Waals surface area contributed by atoms with Crippen molar-refractivity contribution in [1.82, 2.24) is 10.2 Å². The number of carbonyl (C=O) groups is 2. The van der Waals surface area contributed by atoms with E-state index in [1.165, 1.54) is 4.90 Å². The number of urea groups is 1. The quantitative estimate of drug-likeness (QED) is 0.854. The van der Waals surface area contributed by atoms with E-state index in [0.29, 0.717) is 6.54 Å². The Hall–Kier alpha value is -2.24. The lowest BCUT2D eigenvalue weighted by molar-refractivity contribution is -0.128. The molecule has 0 bridgehead atoms. The van der Waals surface area contributed by atoms with Crippen LogP contribution in [0, 0.1) is 0 Å². The molecule has 20 heavy (non-hydrogen) atoms. The summed E-state index contributed by atoms with van der Waals surface area (Å²) >= 11 is 0. The molecule has 0 saturated carbocycles. The molecule has 6 nitrogen and oxygen atoms in total. The number of amides is 3. The van der Waals surface area contributed by atoms with Crippen LogP contribution < -0.4 is 15.5 Å². The van der Waals surface area contributed by atoms with E-state index >= 15 is 0 Å². The van der Waals surface area contributed by atoms with E-state index in [2.05, 4.69) is 10.6 Å². The van der Waals surface area contributed by atoms with E-state index in [-0.39, 0.29) is 18.4 Å². The summed E-state index contributed by atoms with van der Waals surface area (Å²) in [5, 5.41) is 5.45. The van der Waals surface area contributed by atoms with E-state index < -0.39 is 0 Å². The van der Waals surface area contributed by atoms with Crippen LogP contribution in [0.2, 0.25) is 0 Å². The van der Waals surface area contributed by atoms with E-state index in [1.807, 2.05) is 43.3 Å². The molecule has 0 aliphatic rings. The zero-order valence-corrected chi connectivity index (χ0v) is 12.4. The molecule has 0 spiro atoms. The number of para-hydroxylation sites is 2. The topological polar surface area (TPSA) is 64.7 Å². The maximum Gasteiger partial charge on any atom is 0.319 e. The van der Waals surface area contributed by atoms with Crippen LogP contribution >= 0.6 is 0 Å². The second-order valence-corrected chi connectivity index (χ2v) is 4.83. The Bertz CT molecular complexity index is 472. The van der Waals surface area contributed by atoms with Crippen LogP contribution in [0.1, 0.15) is 6.42 Å². The minimum atomic E-state index is -0.314. The first kappa shape index (κ1) is 15.8. The minimum Gasteiger partial charge on any atom is -0.376 e. The van der Waals surface area contributed by atoms with Crippen LogP contribution in [-0.2, 0) is 4.79 Å². The smallest absolute Gasteiger partial charge is 0.319 e. The average Bonchev–Trinajstić information content (AvgIpc) is 2.38. The van der Waals surface area contributed by atoms with Crippen LogP contribution in [0.15, 0.2) is 24.3 Å². The molecule has 0 atom stereocenters. The number of hydrogen-bond acceptors (Lipinski definition) is 3. The van der Waals surface area contributed by atoms with Crippen molar-refractivity contribution in [3.8, 4) is 0 Å². The van der Waals surface area contributed by atoms with E-state index in [1.54, 1.807) is 14.1 Å². The van der Waals surface area contributed by atoms with Gasteiger partial charge in [0, 0.05) is 41.2 Å². The highest BCUT2D eigenvalue weighted by Crippen LogP contribution is 2.23. The van der Waals surface area contributed by atoms with Crippen LogP contribution in [-0.4, -0.2) is 51.6 Å². The number of nitrogens with one attached hydrogen (secondary N) is 2. The highest BCUT2D eigenvalue weighted by atomic mass is 16.2. The molecule has 0 radical (unpaired) electrons. The third-order valence-corrected chi connectivity index (χ3v) is 2.76. The van der Waals surface area contributed by atoms with Crippen molar-refractivity contribution in [2.75, 3.05) is 45.0 Å². The molecule has 0 aromatic heterocycles. The SMILES string of the molecule is CN(C)C(=O)CCNC(=O)Nc1ccccc1N(C)C. The fraction of sp³-hybridized carbons (Fsp3) is 0.429. The summed E-state index contributed by atoms with van der Waals surface area (Å²) in [4.78, 5) is 26.6. The number of benzene rings is 1. The fourth-order valence-electron chi connectivity index (χ4n) is 1.64. The molecule has 0 aliphatic carbocycles. The number of hydrogen-bond donors (Lipinski definition) is 2. The number of anilines is 2. The Morgan fingerprint density at radius 3 is 2.35 bits per heavy atom. The first-order valence-electron chi connectivity index (χ1n) is 6.43. The van der Waals surface area contributed by atoms with E-state index in [0.717, 1.165) is 11.4 Å². The van der Waals surface area contributed by atoms with Crippen LogP contribution in [0.5, 0.6) is 0 Å². The van der Waals surface area contributed by atoms with Crippen molar-refractivity contribution in [2.45, 2.75) is 6.42 Å². The van der Waals surface area contributed by atoms with Gasteiger partial charge in [-0.25, -0.2) is 4.79 Å². The number of nitrogens with zero attached hydrogens (tertiary/aromatic N) is 2. The average molecular weight is 278 g/mol. The standard InChI is InChI=1S/C14H22N4O2/c1-17(2)12-8-6-5-7-11(12)16-14(20)15-10-9-13(19)18(3)4/h5-8H,9-10H2,1-4H3,(H2,15,16,20). The summed E-state index contributed by atoms with van der Waals surface area (Å²) in [6, 6.07) is 7.21. The summed E-state index contributed by atoms with van der Waals surface area (Å²) < 4.78 is 0. The maximum absolute atomic E-state index is 11.8. The minimum absolute atomic E-state index is 0.0148. The van der Waals surface area contributed by atoms with Gasteiger partial charge in [0.25, 0.3) is 0 Å². The molecule has 1 aromatic rings. The van der Waals surface area contributed by atoms with Gasteiger partial charge >= 0.3 is 6.03 Å². The highest BCUT2D eigenvalue weighted by Gasteiger charge is 2.08. The molecule has 0 aliphatic heterocycles. The van der Waals surface area contributed by atoms with Gasteiger partial charge in [0.15, 0.2) is 0 Å². The molecule has 0 saturated heterocycles. The molecule has 0 fully saturated rings. The van der Waals surface area contributed by atoms with Crippen LogP contribution in [0.25, 0.3) is 0 Å². The van der Waals surface area contributed by atoms with Gasteiger partial charge in [0.2, 0.25) is 5.91 Å². The van der Waals surface area contributed by atoms with Gasteiger partial charge in [0.1, 0.15) is 0 Å². The van der Waals surface area contributed by atoms with Crippen molar-refractivity contribution in [1.29, 1.82) is 0 Å². The first-order valence-corrected chi connectivity index (χ1v) is 6.43. The first-order chi connectivity index (χ1) is 9.41. The lowest BCUT2D eigenvalue weighted by atomic mass is 10.2. The molecule has 3 amide bonds. The van der Waals surface area contributed by atoms with E-state index in [9.17, 15) is 9.59 Å². The Balaban J connectivity index is 2.49. The molecular weight excluding hydrogens is 256 g/mol. The predicted octanol–water partition coefficient (Wildman–Crippen LogP) is 1.35.